The number of aromatic nitrogens is 1. The number of allylic oxidation sites excluding steroid dienone is 1. The van der Waals surface area contributed by atoms with Gasteiger partial charge in [0.2, 0.25) is 0 Å². The molecule has 7 nitrogen and oxygen atoms in total. The molecular weight excluding hydrogens is 518 g/mol. The van der Waals surface area contributed by atoms with E-state index in [0.29, 0.717) is 23.0 Å². The van der Waals surface area contributed by atoms with Gasteiger partial charge in [-0.15, -0.1) is 0 Å². The standard InChI is InChI=1S/C34H45NO6/c1-17-13-33-19(3)11-24-26(31(24,5)6)23(27(33)36)12-22-16-39-32(7,8)41-29(22)34(33,38)28(17)40-30(37)25-18(2)14-35(20(25)4)15-21-9-10-21/h12-14,19,21,23-24,26,28-29,38H,9-11,15-16H2,1-8H3/t19-,23+,24-,26+,28+,29-,33+,34-/m1/s1. The average Bonchev–Trinajstić information content (AvgIpc) is 3.75. The molecule has 1 aromatic rings. The van der Waals surface area contributed by atoms with Gasteiger partial charge in [-0.2, -0.15) is 0 Å². The highest BCUT2D eigenvalue weighted by atomic mass is 16.7. The normalized spacial score (nSPS) is 41.7. The molecule has 7 rings (SSSR count). The number of carbonyl (C=O) groups excluding carboxylic acids is 2. The number of ketones is 1. The van der Waals surface area contributed by atoms with Gasteiger partial charge in [-0.1, -0.05) is 32.9 Å². The Kier molecular flexibility index (Phi) is 5.69. The molecule has 222 valence electrons. The van der Waals surface area contributed by atoms with Crippen LogP contribution < -0.4 is 0 Å². The van der Waals surface area contributed by atoms with Crippen molar-refractivity contribution in [1.29, 1.82) is 0 Å². The molecule has 2 heterocycles. The molecular formula is C34H45NO6. The maximum absolute atomic E-state index is 14.9. The third kappa shape index (κ3) is 3.61. The molecule has 0 radical (unpaired) electrons. The van der Waals surface area contributed by atoms with Gasteiger partial charge in [0.25, 0.3) is 0 Å². The molecule has 3 saturated carbocycles. The Bertz CT molecular complexity index is 1410. The first-order valence-corrected chi connectivity index (χ1v) is 15.5. The van der Waals surface area contributed by atoms with Crippen molar-refractivity contribution in [3.8, 4) is 0 Å². The first-order chi connectivity index (χ1) is 19.1. The number of esters is 1. The first kappa shape index (κ1) is 27.6. The lowest BCUT2D eigenvalue weighted by Crippen LogP contribution is -2.68. The zero-order chi connectivity index (χ0) is 29.4. The Morgan fingerprint density at radius 3 is 2.56 bits per heavy atom. The Balaban J connectivity index is 1.34. The van der Waals surface area contributed by atoms with E-state index in [4.69, 9.17) is 14.2 Å². The second-order valence-electron chi connectivity index (χ2n) is 15.1. The fourth-order valence-electron chi connectivity index (χ4n) is 9.37. The van der Waals surface area contributed by atoms with Crippen LogP contribution in [0, 0.1) is 54.3 Å². The summed E-state index contributed by atoms with van der Waals surface area (Å²) in [5.74, 6) is -0.668. The van der Waals surface area contributed by atoms with Crippen molar-refractivity contribution in [2.75, 3.05) is 6.61 Å². The van der Waals surface area contributed by atoms with E-state index in [0.717, 1.165) is 29.8 Å². The van der Waals surface area contributed by atoms with E-state index >= 15 is 0 Å². The van der Waals surface area contributed by atoms with E-state index in [1.807, 2.05) is 53.0 Å². The summed E-state index contributed by atoms with van der Waals surface area (Å²) in [6.07, 6.45) is 7.41. The molecule has 7 heteroatoms. The molecule has 1 N–H and O–H groups in total. The Morgan fingerprint density at radius 2 is 1.88 bits per heavy atom. The maximum Gasteiger partial charge on any atom is 0.340 e. The van der Waals surface area contributed by atoms with Crippen LogP contribution >= 0.6 is 0 Å². The molecule has 0 unspecified atom stereocenters. The van der Waals surface area contributed by atoms with Crippen LogP contribution in [0.2, 0.25) is 0 Å². The van der Waals surface area contributed by atoms with E-state index in [1.54, 1.807) is 0 Å². The molecule has 4 fully saturated rings. The molecule has 8 atom stereocenters. The number of fused-ring (bicyclic) bond motifs is 5. The van der Waals surface area contributed by atoms with E-state index in [-0.39, 0.29) is 35.6 Å². The highest BCUT2D eigenvalue weighted by molar-refractivity contribution is 5.96. The second kappa shape index (κ2) is 8.45. The quantitative estimate of drug-likeness (QED) is 0.395. The average molecular weight is 564 g/mol. The Morgan fingerprint density at radius 1 is 1.17 bits per heavy atom. The van der Waals surface area contributed by atoms with Crippen LogP contribution in [0.15, 0.2) is 29.5 Å². The van der Waals surface area contributed by atoms with E-state index in [2.05, 4.69) is 25.3 Å². The summed E-state index contributed by atoms with van der Waals surface area (Å²) in [5, 5.41) is 13.2. The number of aryl methyl sites for hydroxylation is 1. The summed E-state index contributed by atoms with van der Waals surface area (Å²) in [6, 6.07) is 0. The van der Waals surface area contributed by atoms with Gasteiger partial charge in [0.15, 0.2) is 23.3 Å². The number of hydrogen-bond acceptors (Lipinski definition) is 6. The van der Waals surface area contributed by atoms with Gasteiger partial charge in [0.05, 0.1) is 17.6 Å². The summed E-state index contributed by atoms with van der Waals surface area (Å²) >= 11 is 0. The highest BCUT2D eigenvalue weighted by Gasteiger charge is 2.77. The van der Waals surface area contributed by atoms with E-state index < -0.39 is 35.0 Å². The second-order valence-corrected chi connectivity index (χ2v) is 15.1. The number of rotatable bonds is 4. The lowest BCUT2D eigenvalue weighted by Gasteiger charge is -2.52. The van der Waals surface area contributed by atoms with Gasteiger partial charge < -0.3 is 23.9 Å². The van der Waals surface area contributed by atoms with Gasteiger partial charge in [-0.3, -0.25) is 4.79 Å². The predicted molar refractivity (Wildman–Crippen MR) is 153 cm³/mol. The van der Waals surface area contributed by atoms with Crippen LogP contribution in [0.5, 0.6) is 0 Å². The number of Topliss-reactive ketones (excluding diaryl/α,β-unsaturated/α-hetero) is 1. The third-order valence-electron chi connectivity index (χ3n) is 11.8. The monoisotopic (exact) mass is 563 g/mol. The van der Waals surface area contributed by atoms with Gasteiger partial charge in [-0.05, 0) is 99.7 Å². The molecule has 2 bridgehead atoms. The molecule has 1 saturated heterocycles. The van der Waals surface area contributed by atoms with Gasteiger partial charge in [0, 0.05) is 24.4 Å². The minimum atomic E-state index is -1.80. The molecule has 41 heavy (non-hydrogen) atoms. The number of ether oxygens (including phenoxy) is 3. The summed E-state index contributed by atoms with van der Waals surface area (Å²) in [6.45, 7) is 17.2. The Hall–Kier alpha value is -2.22. The van der Waals surface area contributed by atoms with Gasteiger partial charge in [-0.25, -0.2) is 4.79 Å². The van der Waals surface area contributed by atoms with Crippen molar-refractivity contribution in [3.63, 3.8) is 0 Å². The number of carbonyl (C=O) groups is 2. The summed E-state index contributed by atoms with van der Waals surface area (Å²) in [4.78, 5) is 28.9. The van der Waals surface area contributed by atoms with Crippen LogP contribution in [0.25, 0.3) is 0 Å². The topological polar surface area (TPSA) is 87.0 Å². The molecule has 0 aromatic carbocycles. The summed E-state index contributed by atoms with van der Waals surface area (Å²) < 4.78 is 21.2. The zero-order valence-electron chi connectivity index (χ0n) is 25.7. The highest BCUT2D eigenvalue weighted by Crippen LogP contribution is 2.72. The lowest BCUT2D eigenvalue weighted by molar-refractivity contribution is -0.302. The molecule has 1 aromatic heterocycles. The van der Waals surface area contributed by atoms with Crippen LogP contribution in [0.3, 0.4) is 0 Å². The lowest BCUT2D eigenvalue weighted by atomic mass is 9.59. The fourth-order valence-corrected chi connectivity index (χ4v) is 9.37. The smallest absolute Gasteiger partial charge is 0.340 e. The minimum absolute atomic E-state index is 0.0229. The summed E-state index contributed by atoms with van der Waals surface area (Å²) in [7, 11) is 0. The van der Waals surface area contributed by atoms with Crippen LogP contribution in [0.4, 0.5) is 0 Å². The maximum atomic E-state index is 14.9. The zero-order valence-corrected chi connectivity index (χ0v) is 25.7. The first-order valence-electron chi connectivity index (χ1n) is 15.5. The van der Waals surface area contributed by atoms with Crippen molar-refractivity contribution in [3.05, 3.63) is 46.3 Å². The molecule has 1 aliphatic heterocycles. The van der Waals surface area contributed by atoms with Crippen LogP contribution in [0.1, 0.15) is 82.4 Å². The number of hydrogen-bond donors (Lipinski definition) is 1. The van der Waals surface area contributed by atoms with Crippen molar-refractivity contribution in [1.82, 2.24) is 4.57 Å². The third-order valence-corrected chi connectivity index (χ3v) is 11.8. The summed E-state index contributed by atoms with van der Waals surface area (Å²) in [5.41, 5.74) is 0.770. The van der Waals surface area contributed by atoms with Crippen LogP contribution in [-0.4, -0.2) is 51.6 Å². The van der Waals surface area contributed by atoms with Crippen molar-refractivity contribution in [2.24, 2.45) is 40.4 Å². The van der Waals surface area contributed by atoms with E-state index in [9.17, 15) is 14.7 Å². The van der Waals surface area contributed by atoms with E-state index in [1.165, 1.54) is 12.8 Å². The van der Waals surface area contributed by atoms with Crippen molar-refractivity contribution in [2.45, 2.75) is 105 Å². The minimum Gasteiger partial charge on any atom is -0.451 e. The predicted octanol–water partition coefficient (Wildman–Crippen LogP) is 5.31. The SMILES string of the molecule is CC1=C[C@]23C(=O)[C@@H](C=C4COC(C)(C)O[C@H]4[C@]2(O)[C@H]1OC(=O)c1c(C)cn(CC2CC2)c1C)[C@H]1[C@@H](C[C@H]3C)C1(C)C. The van der Waals surface area contributed by atoms with Crippen LogP contribution in [-0.2, 0) is 25.5 Å². The van der Waals surface area contributed by atoms with Gasteiger partial charge >= 0.3 is 5.97 Å². The number of nitrogens with zero attached hydrogens (tertiary/aromatic N) is 1. The van der Waals surface area contributed by atoms with Gasteiger partial charge in [0.1, 0.15) is 6.10 Å². The molecule has 0 amide bonds. The molecule has 1 spiro atoms. The van der Waals surface area contributed by atoms with Crippen molar-refractivity contribution >= 4 is 11.8 Å². The fraction of sp³-hybridized carbons (Fsp3) is 0.706. The molecule has 6 aliphatic rings. The molecule has 5 aliphatic carbocycles. The number of aliphatic hydroxyl groups is 1. The van der Waals surface area contributed by atoms with Crippen molar-refractivity contribution < 1.29 is 28.9 Å². The largest absolute Gasteiger partial charge is 0.451 e. The Labute approximate surface area is 243 Å².